The molecule has 2 nitrogen and oxygen atoms in total. The summed E-state index contributed by atoms with van der Waals surface area (Å²) < 4.78 is 7.24. The maximum Gasteiger partial charge on any atom is 0.125 e. The third-order valence-electron chi connectivity index (χ3n) is 4.51. The lowest BCUT2D eigenvalue weighted by Crippen LogP contribution is -2.31. The fraction of sp³-hybridized carbons (Fsp3) is 0.625. The number of hydrogen-bond acceptors (Lipinski definition) is 2. The molecule has 1 aromatic rings. The van der Waals surface area contributed by atoms with Crippen molar-refractivity contribution in [2.24, 2.45) is 11.7 Å². The Balaban J connectivity index is 1.69. The maximum atomic E-state index is 6.30. The highest BCUT2D eigenvalue weighted by Crippen LogP contribution is 2.38. The molecule has 0 saturated heterocycles. The molecule has 2 aliphatic rings. The third-order valence-corrected chi connectivity index (χ3v) is 5.00. The van der Waals surface area contributed by atoms with Gasteiger partial charge in [0, 0.05) is 22.5 Å². The summed E-state index contributed by atoms with van der Waals surface area (Å²) in [7, 11) is 0. The summed E-state index contributed by atoms with van der Waals surface area (Å²) in [5, 5.41) is 0. The molecule has 3 rings (SSSR count). The van der Waals surface area contributed by atoms with Crippen LogP contribution in [0.1, 0.15) is 56.6 Å². The Morgan fingerprint density at radius 2 is 2.00 bits per heavy atom. The molecule has 1 heterocycles. The molecule has 0 bridgehead atoms. The summed E-state index contributed by atoms with van der Waals surface area (Å²) in [6.45, 7) is 0. The second kappa shape index (κ2) is 5.84. The first-order valence-electron chi connectivity index (χ1n) is 7.44. The topological polar surface area (TPSA) is 35.2 Å². The summed E-state index contributed by atoms with van der Waals surface area (Å²) in [6.07, 6.45) is 9.40. The van der Waals surface area contributed by atoms with Crippen LogP contribution in [0.2, 0.25) is 0 Å². The van der Waals surface area contributed by atoms with Gasteiger partial charge in [-0.05, 0) is 24.5 Å². The van der Waals surface area contributed by atoms with Gasteiger partial charge in [0.1, 0.15) is 11.9 Å². The summed E-state index contributed by atoms with van der Waals surface area (Å²) in [6, 6.07) is 6.32. The number of hydrogen-bond donors (Lipinski definition) is 1. The van der Waals surface area contributed by atoms with Crippen LogP contribution < -0.4 is 10.5 Å². The lowest BCUT2D eigenvalue weighted by Gasteiger charge is -2.33. The van der Waals surface area contributed by atoms with Gasteiger partial charge in [0.25, 0.3) is 0 Å². The molecule has 19 heavy (non-hydrogen) atoms. The first kappa shape index (κ1) is 13.4. The molecule has 0 spiro atoms. The van der Waals surface area contributed by atoms with Crippen LogP contribution in [0.4, 0.5) is 0 Å². The highest BCUT2D eigenvalue weighted by Gasteiger charge is 2.28. The van der Waals surface area contributed by atoms with Gasteiger partial charge in [-0.2, -0.15) is 0 Å². The molecule has 104 valence electrons. The van der Waals surface area contributed by atoms with E-state index < -0.39 is 0 Å². The molecule has 0 amide bonds. The van der Waals surface area contributed by atoms with Crippen LogP contribution in [0.3, 0.4) is 0 Å². The SMILES string of the molecule is N[C@@H]1CC(CC2CCCCC2)Oc2cc(Br)ccc21. The second-order valence-electron chi connectivity index (χ2n) is 6.00. The minimum Gasteiger partial charge on any atom is -0.490 e. The Bertz CT molecular complexity index is 442. The van der Waals surface area contributed by atoms with Gasteiger partial charge in [0.05, 0.1) is 0 Å². The minimum absolute atomic E-state index is 0.130. The quantitative estimate of drug-likeness (QED) is 0.865. The van der Waals surface area contributed by atoms with Crippen LogP contribution in [0.15, 0.2) is 22.7 Å². The number of nitrogens with two attached hydrogens (primary N) is 1. The summed E-state index contributed by atoms with van der Waals surface area (Å²) in [5.74, 6) is 1.83. The van der Waals surface area contributed by atoms with E-state index in [9.17, 15) is 0 Å². The van der Waals surface area contributed by atoms with E-state index in [0.29, 0.717) is 6.10 Å². The zero-order chi connectivity index (χ0) is 13.2. The fourth-order valence-corrected chi connectivity index (χ4v) is 3.83. The number of benzene rings is 1. The van der Waals surface area contributed by atoms with E-state index in [-0.39, 0.29) is 6.04 Å². The van der Waals surface area contributed by atoms with E-state index in [0.717, 1.165) is 28.1 Å². The average Bonchev–Trinajstić information content (AvgIpc) is 2.39. The first-order valence-corrected chi connectivity index (χ1v) is 8.23. The van der Waals surface area contributed by atoms with Crippen molar-refractivity contribution in [3.63, 3.8) is 0 Å². The van der Waals surface area contributed by atoms with E-state index in [1.807, 2.05) is 6.07 Å². The molecule has 0 aromatic heterocycles. The zero-order valence-electron chi connectivity index (χ0n) is 11.3. The lowest BCUT2D eigenvalue weighted by molar-refractivity contribution is 0.120. The van der Waals surface area contributed by atoms with Crippen molar-refractivity contribution in [3.05, 3.63) is 28.2 Å². The van der Waals surface area contributed by atoms with Gasteiger partial charge in [0.15, 0.2) is 0 Å². The third kappa shape index (κ3) is 3.14. The van der Waals surface area contributed by atoms with Gasteiger partial charge in [-0.15, -0.1) is 0 Å². The maximum absolute atomic E-state index is 6.30. The molecule has 0 radical (unpaired) electrons. The van der Waals surface area contributed by atoms with E-state index in [1.54, 1.807) is 0 Å². The normalized spacial score (nSPS) is 27.7. The Kier molecular flexibility index (Phi) is 4.13. The fourth-order valence-electron chi connectivity index (χ4n) is 3.49. The van der Waals surface area contributed by atoms with E-state index in [2.05, 4.69) is 28.1 Å². The van der Waals surface area contributed by atoms with Crippen LogP contribution in [0.25, 0.3) is 0 Å². The molecular weight excluding hydrogens is 302 g/mol. The van der Waals surface area contributed by atoms with Crippen molar-refractivity contribution in [3.8, 4) is 5.75 Å². The van der Waals surface area contributed by atoms with Crippen molar-refractivity contribution >= 4 is 15.9 Å². The minimum atomic E-state index is 0.130. The van der Waals surface area contributed by atoms with Crippen molar-refractivity contribution in [1.29, 1.82) is 0 Å². The van der Waals surface area contributed by atoms with Crippen molar-refractivity contribution in [2.75, 3.05) is 0 Å². The van der Waals surface area contributed by atoms with Gasteiger partial charge < -0.3 is 10.5 Å². The summed E-state index contributed by atoms with van der Waals surface area (Å²) >= 11 is 3.51. The molecule has 1 unspecified atom stereocenters. The van der Waals surface area contributed by atoms with Crippen molar-refractivity contribution in [2.45, 2.75) is 57.1 Å². The number of rotatable bonds is 2. The Morgan fingerprint density at radius 1 is 1.21 bits per heavy atom. The Labute approximate surface area is 123 Å². The molecule has 3 heteroatoms. The Hall–Kier alpha value is -0.540. The van der Waals surface area contributed by atoms with Crippen molar-refractivity contribution < 1.29 is 4.74 Å². The van der Waals surface area contributed by atoms with E-state index in [1.165, 1.54) is 38.5 Å². The molecule has 1 saturated carbocycles. The summed E-state index contributed by atoms with van der Waals surface area (Å²) in [4.78, 5) is 0. The predicted octanol–water partition coefficient (Wildman–Crippen LogP) is 4.57. The number of fused-ring (bicyclic) bond motifs is 1. The average molecular weight is 324 g/mol. The highest BCUT2D eigenvalue weighted by molar-refractivity contribution is 9.10. The molecule has 1 aliphatic heterocycles. The van der Waals surface area contributed by atoms with Gasteiger partial charge in [-0.1, -0.05) is 54.1 Å². The monoisotopic (exact) mass is 323 g/mol. The highest BCUT2D eigenvalue weighted by atomic mass is 79.9. The van der Waals surface area contributed by atoms with Crippen LogP contribution in [-0.2, 0) is 0 Å². The molecule has 1 aliphatic carbocycles. The van der Waals surface area contributed by atoms with Crippen LogP contribution in [0.5, 0.6) is 5.75 Å². The predicted molar refractivity (Wildman–Crippen MR) is 81.3 cm³/mol. The molecular formula is C16H22BrNO. The smallest absolute Gasteiger partial charge is 0.125 e. The largest absolute Gasteiger partial charge is 0.490 e. The van der Waals surface area contributed by atoms with E-state index >= 15 is 0 Å². The van der Waals surface area contributed by atoms with E-state index in [4.69, 9.17) is 10.5 Å². The standard InChI is InChI=1S/C16H22BrNO/c17-12-6-7-14-15(18)10-13(19-16(14)9-12)8-11-4-2-1-3-5-11/h6-7,9,11,13,15H,1-5,8,10,18H2/t13?,15-/m1/s1. The molecule has 2 atom stereocenters. The molecule has 1 aromatic carbocycles. The first-order chi connectivity index (χ1) is 9.22. The number of ether oxygens (including phenoxy) is 1. The van der Waals surface area contributed by atoms with Crippen LogP contribution >= 0.6 is 15.9 Å². The van der Waals surface area contributed by atoms with Gasteiger partial charge in [-0.25, -0.2) is 0 Å². The second-order valence-corrected chi connectivity index (χ2v) is 6.92. The molecule has 2 N–H and O–H groups in total. The van der Waals surface area contributed by atoms with Gasteiger partial charge >= 0.3 is 0 Å². The van der Waals surface area contributed by atoms with Crippen LogP contribution in [0, 0.1) is 5.92 Å². The molecule has 1 fully saturated rings. The zero-order valence-corrected chi connectivity index (χ0v) is 12.9. The Morgan fingerprint density at radius 3 is 2.79 bits per heavy atom. The number of halogens is 1. The van der Waals surface area contributed by atoms with Gasteiger partial charge in [0.2, 0.25) is 0 Å². The van der Waals surface area contributed by atoms with Crippen LogP contribution in [-0.4, -0.2) is 6.10 Å². The van der Waals surface area contributed by atoms with Gasteiger partial charge in [-0.3, -0.25) is 0 Å². The summed E-state index contributed by atoms with van der Waals surface area (Å²) in [5.41, 5.74) is 7.45. The lowest BCUT2D eigenvalue weighted by atomic mass is 9.83. The van der Waals surface area contributed by atoms with Crippen molar-refractivity contribution in [1.82, 2.24) is 0 Å².